The minimum Gasteiger partial charge on any atom is -0.508 e. The third-order valence-corrected chi connectivity index (χ3v) is 3.76. The third-order valence-electron chi connectivity index (χ3n) is 3.76. The normalized spacial score (nSPS) is 18.5. The average Bonchev–Trinajstić information content (AvgIpc) is 3.25. The fourth-order valence-corrected chi connectivity index (χ4v) is 2.48. The van der Waals surface area contributed by atoms with E-state index in [0.29, 0.717) is 24.6 Å². The quantitative estimate of drug-likeness (QED) is 0.552. The van der Waals surface area contributed by atoms with E-state index in [2.05, 4.69) is 20.2 Å². The zero-order valence-corrected chi connectivity index (χ0v) is 13.4. The van der Waals surface area contributed by atoms with Crippen LogP contribution in [0, 0.1) is 0 Å². The molecule has 0 radical (unpaired) electrons. The van der Waals surface area contributed by atoms with Crippen LogP contribution in [0.5, 0.6) is 5.75 Å². The molecule has 1 aliphatic rings. The van der Waals surface area contributed by atoms with Crippen molar-refractivity contribution in [3.05, 3.63) is 47.6 Å². The Morgan fingerprint density at radius 1 is 1.42 bits per heavy atom. The number of benzene rings is 1. The van der Waals surface area contributed by atoms with Gasteiger partial charge in [0.05, 0.1) is 12.6 Å². The number of aliphatic imine (C=N–C) groups is 1. The van der Waals surface area contributed by atoms with Crippen molar-refractivity contribution < 1.29 is 9.84 Å². The lowest BCUT2D eigenvalue weighted by Gasteiger charge is -2.04. The van der Waals surface area contributed by atoms with Gasteiger partial charge in [0.15, 0.2) is 5.82 Å². The largest absolute Gasteiger partial charge is 0.508 e. The zero-order chi connectivity index (χ0) is 16.8. The Balaban J connectivity index is 1.54. The minimum absolute atomic E-state index is 0.192. The molecule has 1 unspecified atom stereocenters. The van der Waals surface area contributed by atoms with Crippen LogP contribution in [-0.4, -0.2) is 45.4 Å². The van der Waals surface area contributed by atoms with Crippen LogP contribution in [-0.2, 0) is 11.2 Å². The fraction of sp³-hybridized carbons (Fsp3) is 0.353. The molecule has 2 heterocycles. The fourth-order valence-electron chi connectivity index (χ4n) is 2.48. The second-order valence-electron chi connectivity index (χ2n) is 5.72. The van der Waals surface area contributed by atoms with E-state index in [0.717, 1.165) is 30.8 Å². The van der Waals surface area contributed by atoms with Gasteiger partial charge in [-0.25, -0.2) is 4.98 Å². The van der Waals surface area contributed by atoms with Gasteiger partial charge in [0.1, 0.15) is 17.4 Å². The summed E-state index contributed by atoms with van der Waals surface area (Å²) in [6, 6.07) is 7.00. The number of aromatic amines is 1. The zero-order valence-electron chi connectivity index (χ0n) is 13.4. The summed E-state index contributed by atoms with van der Waals surface area (Å²) < 4.78 is 5.50. The van der Waals surface area contributed by atoms with E-state index in [1.165, 1.54) is 0 Å². The Hall–Kier alpha value is -2.67. The first-order valence-electron chi connectivity index (χ1n) is 7.98. The van der Waals surface area contributed by atoms with Gasteiger partial charge >= 0.3 is 0 Å². The highest BCUT2D eigenvalue weighted by Crippen LogP contribution is 2.13. The van der Waals surface area contributed by atoms with E-state index >= 15 is 0 Å². The van der Waals surface area contributed by atoms with Crippen molar-refractivity contribution in [1.29, 1.82) is 0 Å². The topological polar surface area (TPSA) is 109 Å². The van der Waals surface area contributed by atoms with Crippen LogP contribution >= 0.6 is 0 Å². The molecule has 24 heavy (non-hydrogen) atoms. The van der Waals surface area contributed by atoms with E-state index in [1.54, 1.807) is 24.3 Å². The Morgan fingerprint density at radius 3 is 3.00 bits per heavy atom. The number of phenolic OH excluding ortho intramolecular Hbond substituents is 1. The van der Waals surface area contributed by atoms with Gasteiger partial charge < -0.3 is 15.6 Å². The first-order valence-corrected chi connectivity index (χ1v) is 7.98. The highest BCUT2D eigenvalue weighted by atomic mass is 16.5. The maximum atomic E-state index is 9.29. The average molecular weight is 327 g/mol. The maximum Gasteiger partial charge on any atom is 0.174 e. The highest BCUT2D eigenvalue weighted by molar-refractivity contribution is 5.94. The van der Waals surface area contributed by atoms with Gasteiger partial charge in [-0.3, -0.25) is 10.1 Å². The number of rotatable bonds is 6. The van der Waals surface area contributed by atoms with Crippen molar-refractivity contribution in [3.8, 4) is 5.75 Å². The summed E-state index contributed by atoms with van der Waals surface area (Å²) in [5, 5.41) is 16.3. The Bertz CT molecular complexity index is 715. The van der Waals surface area contributed by atoms with Crippen LogP contribution < -0.4 is 5.73 Å². The first-order chi connectivity index (χ1) is 11.7. The van der Waals surface area contributed by atoms with E-state index in [4.69, 9.17) is 10.5 Å². The molecule has 1 aliphatic heterocycles. The molecule has 126 valence electrons. The summed E-state index contributed by atoms with van der Waals surface area (Å²) in [6.45, 7) is 1.41. The van der Waals surface area contributed by atoms with Crippen molar-refractivity contribution in [2.45, 2.75) is 25.4 Å². The molecule has 0 amide bonds. The number of aromatic nitrogens is 3. The molecule has 3 rings (SSSR count). The molecule has 1 aromatic heterocycles. The summed E-state index contributed by atoms with van der Waals surface area (Å²) >= 11 is 0. The third kappa shape index (κ3) is 4.66. The number of ether oxygens (including phenoxy) is 1. The molecule has 1 saturated heterocycles. The smallest absolute Gasteiger partial charge is 0.174 e. The molecular weight excluding hydrogens is 306 g/mol. The van der Waals surface area contributed by atoms with Crippen LogP contribution in [0.25, 0.3) is 6.08 Å². The predicted octanol–water partition coefficient (Wildman–Crippen LogP) is 1.65. The molecule has 1 aromatic carbocycles. The van der Waals surface area contributed by atoms with Crippen molar-refractivity contribution in [2.75, 3.05) is 13.2 Å². The molecule has 7 nitrogen and oxygen atoms in total. The van der Waals surface area contributed by atoms with Gasteiger partial charge in [0.2, 0.25) is 0 Å². The molecule has 4 N–H and O–H groups in total. The number of nitrogens with two attached hydrogens (primary N) is 1. The van der Waals surface area contributed by atoms with Gasteiger partial charge in [0.25, 0.3) is 0 Å². The number of phenols is 1. The molecule has 2 aromatic rings. The SMILES string of the molecule is NC(/C=C\c1n[nH]c(Cc2ccc(O)cc2)n1)=NCC1CCCO1. The number of amidine groups is 1. The summed E-state index contributed by atoms with van der Waals surface area (Å²) in [7, 11) is 0. The summed E-state index contributed by atoms with van der Waals surface area (Å²) in [4.78, 5) is 8.68. The lowest BCUT2D eigenvalue weighted by atomic mass is 10.1. The molecule has 0 spiro atoms. The number of nitrogens with one attached hydrogen (secondary N) is 1. The van der Waals surface area contributed by atoms with E-state index in [9.17, 15) is 5.11 Å². The van der Waals surface area contributed by atoms with Crippen molar-refractivity contribution in [1.82, 2.24) is 15.2 Å². The number of aromatic hydroxyl groups is 1. The van der Waals surface area contributed by atoms with Crippen LogP contribution in [0.2, 0.25) is 0 Å². The van der Waals surface area contributed by atoms with Crippen LogP contribution in [0.4, 0.5) is 0 Å². The van der Waals surface area contributed by atoms with Gasteiger partial charge in [0, 0.05) is 13.0 Å². The van der Waals surface area contributed by atoms with Crippen molar-refractivity contribution in [2.24, 2.45) is 10.7 Å². The molecular formula is C17H21N5O2. The summed E-state index contributed by atoms with van der Waals surface area (Å²) in [6.07, 6.45) is 6.37. The van der Waals surface area contributed by atoms with E-state index in [1.807, 2.05) is 12.1 Å². The Labute approximate surface area is 140 Å². The molecule has 0 saturated carbocycles. The van der Waals surface area contributed by atoms with E-state index < -0.39 is 0 Å². The number of H-pyrrole nitrogens is 1. The lowest BCUT2D eigenvalue weighted by Crippen LogP contribution is -2.15. The van der Waals surface area contributed by atoms with Gasteiger partial charge in [-0.05, 0) is 42.7 Å². The van der Waals surface area contributed by atoms with Crippen LogP contribution in [0.3, 0.4) is 0 Å². The summed E-state index contributed by atoms with van der Waals surface area (Å²) in [5.74, 6) is 1.99. The van der Waals surface area contributed by atoms with E-state index in [-0.39, 0.29) is 11.9 Å². The number of hydrogen-bond donors (Lipinski definition) is 3. The molecule has 1 fully saturated rings. The standard InChI is InChI=1S/C17H21N5O2/c18-15(19-11-14-2-1-9-24-14)7-8-16-20-17(22-21-16)10-12-3-5-13(23)6-4-12/h3-8,14,23H,1-2,9-11H2,(H2,18,19)(H,20,21,22)/b8-7-. The van der Waals surface area contributed by atoms with Crippen molar-refractivity contribution in [3.63, 3.8) is 0 Å². The van der Waals surface area contributed by atoms with Crippen LogP contribution in [0.1, 0.15) is 30.1 Å². The Morgan fingerprint density at radius 2 is 2.25 bits per heavy atom. The lowest BCUT2D eigenvalue weighted by molar-refractivity contribution is 0.118. The Kier molecular flexibility index (Phi) is 5.22. The molecule has 0 aliphatic carbocycles. The minimum atomic E-state index is 0.192. The van der Waals surface area contributed by atoms with Crippen molar-refractivity contribution >= 4 is 11.9 Å². The van der Waals surface area contributed by atoms with Gasteiger partial charge in [-0.2, -0.15) is 5.10 Å². The number of nitrogens with zero attached hydrogens (tertiary/aromatic N) is 3. The molecule has 1 atom stereocenters. The monoisotopic (exact) mass is 327 g/mol. The second-order valence-corrected chi connectivity index (χ2v) is 5.72. The second kappa shape index (κ2) is 7.74. The molecule has 7 heteroatoms. The highest BCUT2D eigenvalue weighted by Gasteiger charge is 2.14. The number of hydrogen-bond acceptors (Lipinski definition) is 5. The van der Waals surface area contributed by atoms with Crippen LogP contribution in [0.15, 0.2) is 35.3 Å². The summed E-state index contributed by atoms with van der Waals surface area (Å²) in [5.41, 5.74) is 6.90. The van der Waals surface area contributed by atoms with Gasteiger partial charge in [-0.1, -0.05) is 12.1 Å². The molecule has 0 bridgehead atoms. The first kappa shape index (κ1) is 16.2. The maximum absolute atomic E-state index is 9.29. The van der Waals surface area contributed by atoms with Gasteiger partial charge in [-0.15, -0.1) is 0 Å². The predicted molar refractivity (Wildman–Crippen MR) is 91.8 cm³/mol.